The van der Waals surface area contributed by atoms with Crippen LogP contribution in [0.15, 0.2) is 61.3 Å². The number of likely N-dealkylation sites (N-methyl/N-ethyl adjacent to an activating group) is 1. The van der Waals surface area contributed by atoms with Gasteiger partial charge in [0.05, 0.1) is 16.9 Å². The zero-order valence-corrected chi connectivity index (χ0v) is 21.0. The van der Waals surface area contributed by atoms with Crippen molar-refractivity contribution >= 4 is 28.7 Å². The molecule has 0 aliphatic carbocycles. The number of nitrogens with zero attached hydrogens (tertiary/aromatic N) is 5. The van der Waals surface area contributed by atoms with Crippen molar-refractivity contribution in [3.05, 3.63) is 83.6 Å². The van der Waals surface area contributed by atoms with E-state index in [0.717, 1.165) is 30.8 Å². The highest BCUT2D eigenvalue weighted by atomic mass is 19.4. The van der Waals surface area contributed by atoms with Crippen LogP contribution in [-0.2, 0) is 6.18 Å². The van der Waals surface area contributed by atoms with Crippen LogP contribution in [0.1, 0.15) is 27.0 Å². The fourth-order valence-electron chi connectivity index (χ4n) is 4.07. The second-order valence-corrected chi connectivity index (χ2v) is 9.13. The summed E-state index contributed by atoms with van der Waals surface area (Å²) in [6.07, 6.45) is 1.36. The summed E-state index contributed by atoms with van der Waals surface area (Å²) in [5.41, 5.74) is 8.07. The first-order valence-electron chi connectivity index (χ1n) is 11.9. The average molecular weight is 527 g/mol. The van der Waals surface area contributed by atoms with E-state index in [-0.39, 0.29) is 11.3 Å². The molecule has 9 nitrogen and oxygen atoms in total. The van der Waals surface area contributed by atoms with Crippen LogP contribution in [0, 0.1) is 6.92 Å². The van der Waals surface area contributed by atoms with Crippen LogP contribution < -0.4 is 26.8 Å². The van der Waals surface area contributed by atoms with Gasteiger partial charge in [0.1, 0.15) is 6.33 Å². The Morgan fingerprint density at radius 3 is 2.39 bits per heavy atom. The number of alkyl halides is 3. The Labute approximate surface area is 218 Å². The monoisotopic (exact) mass is 526 g/mol. The summed E-state index contributed by atoms with van der Waals surface area (Å²) in [6.45, 7) is 4.45. The van der Waals surface area contributed by atoms with Crippen molar-refractivity contribution in [3.63, 3.8) is 0 Å². The molecule has 1 amide bonds. The van der Waals surface area contributed by atoms with Crippen molar-refractivity contribution < 1.29 is 18.0 Å². The molecule has 2 aromatic carbocycles. The molecule has 200 valence electrons. The number of anilines is 3. The van der Waals surface area contributed by atoms with E-state index in [9.17, 15) is 18.0 Å². The summed E-state index contributed by atoms with van der Waals surface area (Å²) < 4.78 is 41.0. The summed E-state index contributed by atoms with van der Waals surface area (Å²) in [7, 11) is 1.97. The highest BCUT2D eigenvalue weighted by molar-refractivity contribution is 6.05. The van der Waals surface area contributed by atoms with Gasteiger partial charge in [0, 0.05) is 67.3 Å². The molecule has 1 aromatic heterocycles. The van der Waals surface area contributed by atoms with Gasteiger partial charge in [-0.2, -0.15) is 13.2 Å². The highest BCUT2D eigenvalue weighted by Gasteiger charge is 2.32. The van der Waals surface area contributed by atoms with Crippen LogP contribution in [-0.4, -0.2) is 54.0 Å². The zero-order chi connectivity index (χ0) is 27.4. The third kappa shape index (κ3) is 6.39. The van der Waals surface area contributed by atoms with Gasteiger partial charge in [-0.25, -0.2) is 15.8 Å². The predicted octanol–water partition coefficient (Wildman–Crippen LogP) is 3.45. The largest absolute Gasteiger partial charge is 0.416 e. The van der Waals surface area contributed by atoms with Gasteiger partial charge >= 0.3 is 6.18 Å². The number of halogens is 3. The molecule has 0 saturated carbocycles. The van der Waals surface area contributed by atoms with Crippen LogP contribution in [0.3, 0.4) is 0 Å². The smallest absolute Gasteiger partial charge is 0.397 e. The second kappa shape index (κ2) is 11.1. The zero-order valence-electron chi connectivity index (χ0n) is 21.0. The molecule has 4 rings (SSSR count). The number of hydrogen-bond acceptors (Lipinski definition) is 8. The lowest BCUT2D eigenvalue weighted by molar-refractivity contribution is -0.137. The second-order valence-electron chi connectivity index (χ2n) is 9.13. The Morgan fingerprint density at radius 2 is 1.74 bits per heavy atom. The first kappa shape index (κ1) is 26.9. The van der Waals surface area contributed by atoms with Crippen LogP contribution in [0.5, 0.6) is 0 Å². The summed E-state index contributed by atoms with van der Waals surface area (Å²) in [6, 6.07) is 8.44. The number of aryl methyl sites for hydroxylation is 1. The molecule has 0 atom stereocenters. The molecule has 1 aliphatic heterocycles. The van der Waals surface area contributed by atoms with E-state index in [1.807, 2.05) is 18.9 Å². The van der Waals surface area contributed by atoms with Crippen LogP contribution in [0.2, 0.25) is 0 Å². The molecule has 3 aromatic rings. The van der Waals surface area contributed by atoms with Gasteiger partial charge in [-0.1, -0.05) is 6.07 Å². The number of rotatable bonds is 6. The number of aromatic nitrogens is 2. The van der Waals surface area contributed by atoms with Gasteiger partial charge in [0.25, 0.3) is 5.91 Å². The number of hydrazine groups is 1. The van der Waals surface area contributed by atoms with E-state index in [2.05, 4.69) is 20.2 Å². The molecular weight excluding hydrogens is 497 g/mol. The maximum atomic E-state index is 13.7. The molecule has 12 heteroatoms. The maximum Gasteiger partial charge on any atom is 0.416 e. The lowest BCUT2D eigenvalue weighted by Crippen LogP contribution is -2.44. The Balaban J connectivity index is 1.59. The van der Waals surface area contributed by atoms with Crippen molar-refractivity contribution in [1.82, 2.24) is 14.9 Å². The fourth-order valence-corrected chi connectivity index (χ4v) is 4.07. The molecule has 0 radical (unpaired) electrons. The van der Waals surface area contributed by atoms with Crippen LogP contribution >= 0.6 is 0 Å². The van der Waals surface area contributed by atoms with Gasteiger partial charge in [0.2, 0.25) is 0 Å². The number of carbonyl (C=O) groups excluding carboxylic acids is 1. The summed E-state index contributed by atoms with van der Waals surface area (Å²) in [5, 5.41) is 3.89. The predicted molar refractivity (Wildman–Crippen MR) is 141 cm³/mol. The van der Waals surface area contributed by atoms with Crippen LogP contribution in [0.25, 0.3) is 5.70 Å². The van der Waals surface area contributed by atoms with Gasteiger partial charge in [-0.3, -0.25) is 9.80 Å². The Hall–Kier alpha value is -4.16. The number of nitrogens with one attached hydrogen (secondary N) is 1. The van der Waals surface area contributed by atoms with Crippen molar-refractivity contribution in [1.29, 1.82) is 0 Å². The van der Waals surface area contributed by atoms with E-state index < -0.39 is 17.6 Å². The molecule has 0 spiro atoms. The standard InChI is InChI=1S/C26H29F3N8O/c1-17-3-4-18(9-24(17)37(31)15-23(30)19-13-32-16-33-14-19)25(38)34-21-10-20(26(27,28)29)11-22(12-21)36-7-5-35(2)6-8-36/h3-4,9-16H,5-8,30-31H2,1-2H3,(H,34,38)/b23-15-. The minimum absolute atomic E-state index is 0.0544. The van der Waals surface area contributed by atoms with E-state index in [1.165, 1.54) is 29.9 Å². The number of piperazine rings is 1. The maximum absolute atomic E-state index is 13.7. The van der Waals surface area contributed by atoms with E-state index in [1.54, 1.807) is 24.3 Å². The molecule has 5 N–H and O–H groups in total. The summed E-state index contributed by atoms with van der Waals surface area (Å²) in [4.78, 5) is 24.9. The highest BCUT2D eigenvalue weighted by Crippen LogP contribution is 2.35. The molecule has 1 fully saturated rings. The molecule has 1 saturated heterocycles. The van der Waals surface area contributed by atoms with Gasteiger partial charge in [0.15, 0.2) is 0 Å². The Morgan fingerprint density at radius 1 is 1.05 bits per heavy atom. The topological polar surface area (TPSA) is 117 Å². The lowest BCUT2D eigenvalue weighted by Gasteiger charge is -2.34. The van der Waals surface area contributed by atoms with Crippen LogP contribution in [0.4, 0.5) is 30.2 Å². The Kier molecular flexibility index (Phi) is 7.83. The number of nitrogens with two attached hydrogens (primary N) is 2. The first-order chi connectivity index (χ1) is 18.0. The number of carbonyl (C=O) groups is 1. The molecule has 1 aliphatic rings. The van der Waals surface area contributed by atoms with Gasteiger partial charge in [-0.15, -0.1) is 0 Å². The SMILES string of the molecule is Cc1ccc(C(=O)Nc2cc(N3CCN(C)CC3)cc(C(F)(F)F)c2)cc1N(N)/C=C(\N)c1cncnc1. The fraction of sp³-hybridized carbons (Fsp3) is 0.269. The molecule has 38 heavy (non-hydrogen) atoms. The first-order valence-corrected chi connectivity index (χ1v) is 11.9. The van der Waals surface area contributed by atoms with E-state index >= 15 is 0 Å². The normalized spacial score (nSPS) is 14.9. The Bertz CT molecular complexity index is 1320. The third-order valence-corrected chi connectivity index (χ3v) is 6.29. The van der Waals surface area contributed by atoms with Gasteiger partial charge in [-0.05, 0) is 49.9 Å². The molecule has 0 unspecified atom stereocenters. The minimum atomic E-state index is -4.56. The number of amides is 1. The van der Waals surface area contributed by atoms with Crippen molar-refractivity contribution in [2.45, 2.75) is 13.1 Å². The molecular formula is C26H29F3N8O. The minimum Gasteiger partial charge on any atom is -0.397 e. The average Bonchev–Trinajstić information content (AvgIpc) is 2.89. The lowest BCUT2D eigenvalue weighted by atomic mass is 10.1. The quantitative estimate of drug-likeness (QED) is 0.330. The van der Waals surface area contributed by atoms with Crippen molar-refractivity contribution in [2.24, 2.45) is 11.6 Å². The van der Waals surface area contributed by atoms with E-state index in [4.69, 9.17) is 11.6 Å². The number of hydrogen-bond donors (Lipinski definition) is 3. The van der Waals surface area contributed by atoms with Crippen molar-refractivity contribution in [2.75, 3.05) is 48.5 Å². The van der Waals surface area contributed by atoms with Crippen molar-refractivity contribution in [3.8, 4) is 0 Å². The van der Waals surface area contributed by atoms with E-state index in [0.29, 0.717) is 35.7 Å². The number of benzene rings is 2. The summed E-state index contributed by atoms with van der Waals surface area (Å²) in [5.74, 6) is 5.63. The van der Waals surface area contributed by atoms with Gasteiger partial charge < -0.3 is 20.9 Å². The third-order valence-electron chi connectivity index (χ3n) is 6.29. The molecule has 0 bridgehead atoms. The summed E-state index contributed by atoms with van der Waals surface area (Å²) >= 11 is 0. The molecule has 2 heterocycles.